The van der Waals surface area contributed by atoms with Gasteiger partial charge in [0.2, 0.25) is 0 Å². The van der Waals surface area contributed by atoms with Crippen molar-refractivity contribution >= 4 is 0 Å². The Morgan fingerprint density at radius 3 is 2.50 bits per heavy atom. The highest BCUT2D eigenvalue weighted by Gasteiger charge is 2.22. The van der Waals surface area contributed by atoms with E-state index in [0.29, 0.717) is 12.0 Å². The average Bonchev–Trinajstić information content (AvgIpc) is 2.70. The molecule has 2 unspecified atom stereocenters. The zero-order valence-corrected chi connectivity index (χ0v) is 11.0. The van der Waals surface area contributed by atoms with Crippen molar-refractivity contribution in [1.29, 1.82) is 0 Å². The summed E-state index contributed by atoms with van der Waals surface area (Å²) >= 11 is 0. The third-order valence-electron chi connectivity index (χ3n) is 3.30. The molecule has 1 rings (SSSR count). The Hall–Kier alpha value is -0.760. The van der Waals surface area contributed by atoms with Crippen molar-refractivity contribution in [1.82, 2.24) is 5.32 Å². The molecule has 0 aliphatic heterocycles. The number of hydrogen-bond donors (Lipinski definition) is 1. The standard InChI is InChI=1S/C14H25NO/c1-5-7-8-12(6-2)14(15-4)13-10-9-11(3)16-13/h9-10,12,14-15H,5-8H2,1-4H3. The van der Waals surface area contributed by atoms with Crippen LogP contribution in [0.3, 0.4) is 0 Å². The lowest BCUT2D eigenvalue weighted by Gasteiger charge is -2.24. The van der Waals surface area contributed by atoms with Crippen molar-refractivity contribution in [3.63, 3.8) is 0 Å². The van der Waals surface area contributed by atoms with E-state index in [-0.39, 0.29) is 0 Å². The maximum absolute atomic E-state index is 5.74. The topological polar surface area (TPSA) is 25.2 Å². The molecule has 2 nitrogen and oxygen atoms in total. The molecule has 0 saturated carbocycles. The largest absolute Gasteiger partial charge is 0.465 e. The molecule has 0 aliphatic carbocycles. The van der Waals surface area contributed by atoms with Crippen LogP contribution in [0.15, 0.2) is 16.5 Å². The fourth-order valence-corrected chi connectivity index (χ4v) is 2.30. The molecule has 1 N–H and O–H groups in total. The first kappa shape index (κ1) is 13.3. The summed E-state index contributed by atoms with van der Waals surface area (Å²) in [6.07, 6.45) is 5.05. The Balaban J connectivity index is 2.70. The second-order valence-corrected chi connectivity index (χ2v) is 4.53. The molecule has 2 heteroatoms. The van der Waals surface area contributed by atoms with Crippen molar-refractivity contribution < 1.29 is 4.42 Å². The molecule has 1 aromatic rings. The van der Waals surface area contributed by atoms with Gasteiger partial charge in [0.25, 0.3) is 0 Å². The number of hydrogen-bond acceptors (Lipinski definition) is 2. The van der Waals surface area contributed by atoms with E-state index in [0.717, 1.165) is 11.5 Å². The van der Waals surface area contributed by atoms with E-state index >= 15 is 0 Å². The van der Waals surface area contributed by atoms with Crippen molar-refractivity contribution in [2.75, 3.05) is 7.05 Å². The van der Waals surface area contributed by atoms with Gasteiger partial charge >= 0.3 is 0 Å². The van der Waals surface area contributed by atoms with Gasteiger partial charge in [-0.2, -0.15) is 0 Å². The van der Waals surface area contributed by atoms with Gasteiger partial charge in [-0.05, 0) is 38.4 Å². The van der Waals surface area contributed by atoms with Crippen LogP contribution in [0.25, 0.3) is 0 Å². The van der Waals surface area contributed by atoms with Gasteiger partial charge in [-0.3, -0.25) is 0 Å². The molecule has 0 saturated heterocycles. The lowest BCUT2D eigenvalue weighted by atomic mass is 9.90. The van der Waals surface area contributed by atoms with Crippen LogP contribution in [-0.4, -0.2) is 7.05 Å². The lowest BCUT2D eigenvalue weighted by molar-refractivity contribution is 0.292. The lowest BCUT2D eigenvalue weighted by Crippen LogP contribution is -2.24. The van der Waals surface area contributed by atoms with E-state index in [4.69, 9.17) is 4.42 Å². The highest BCUT2D eigenvalue weighted by molar-refractivity contribution is 5.10. The Labute approximate surface area is 99.4 Å². The fourth-order valence-electron chi connectivity index (χ4n) is 2.30. The van der Waals surface area contributed by atoms with Gasteiger partial charge in [-0.15, -0.1) is 0 Å². The van der Waals surface area contributed by atoms with Crippen molar-refractivity contribution in [3.8, 4) is 0 Å². The van der Waals surface area contributed by atoms with Crippen LogP contribution in [0.2, 0.25) is 0 Å². The first-order valence-corrected chi connectivity index (χ1v) is 6.46. The number of aryl methyl sites for hydroxylation is 1. The molecule has 0 spiro atoms. The molecule has 0 amide bonds. The van der Waals surface area contributed by atoms with E-state index in [1.807, 2.05) is 20.0 Å². The summed E-state index contributed by atoms with van der Waals surface area (Å²) in [6, 6.07) is 4.52. The van der Waals surface area contributed by atoms with Crippen molar-refractivity contribution in [3.05, 3.63) is 23.7 Å². The predicted octanol–water partition coefficient (Wildman–Crippen LogP) is 4.06. The maximum Gasteiger partial charge on any atom is 0.121 e. The second-order valence-electron chi connectivity index (χ2n) is 4.53. The molecule has 0 radical (unpaired) electrons. The minimum atomic E-state index is 0.366. The van der Waals surface area contributed by atoms with Gasteiger partial charge in [0, 0.05) is 0 Å². The first-order valence-electron chi connectivity index (χ1n) is 6.46. The molecule has 2 atom stereocenters. The molecule has 0 aliphatic rings. The first-order chi connectivity index (χ1) is 7.72. The van der Waals surface area contributed by atoms with Crippen LogP contribution in [0, 0.1) is 12.8 Å². The monoisotopic (exact) mass is 223 g/mol. The van der Waals surface area contributed by atoms with Gasteiger partial charge in [-0.25, -0.2) is 0 Å². The van der Waals surface area contributed by atoms with Gasteiger partial charge in [0.05, 0.1) is 6.04 Å². The van der Waals surface area contributed by atoms with Crippen LogP contribution in [0.5, 0.6) is 0 Å². The zero-order valence-electron chi connectivity index (χ0n) is 11.0. The Morgan fingerprint density at radius 1 is 1.31 bits per heavy atom. The molecule has 92 valence electrons. The summed E-state index contributed by atoms with van der Waals surface area (Å²) in [7, 11) is 2.02. The van der Waals surface area contributed by atoms with Crippen molar-refractivity contribution in [2.24, 2.45) is 5.92 Å². The summed E-state index contributed by atoms with van der Waals surface area (Å²) in [5.74, 6) is 2.76. The summed E-state index contributed by atoms with van der Waals surface area (Å²) in [5.41, 5.74) is 0. The SMILES string of the molecule is CCCCC(CC)C(NC)c1ccc(C)o1. The maximum atomic E-state index is 5.74. The third-order valence-corrected chi connectivity index (χ3v) is 3.30. The normalized spacial score (nSPS) is 15.0. The van der Waals surface area contributed by atoms with E-state index in [2.05, 4.69) is 25.2 Å². The van der Waals surface area contributed by atoms with E-state index in [1.54, 1.807) is 0 Å². The van der Waals surface area contributed by atoms with Crippen LogP contribution < -0.4 is 5.32 Å². The van der Waals surface area contributed by atoms with E-state index < -0.39 is 0 Å². The highest BCUT2D eigenvalue weighted by atomic mass is 16.3. The fraction of sp³-hybridized carbons (Fsp3) is 0.714. The average molecular weight is 223 g/mol. The Bertz CT molecular complexity index is 293. The predicted molar refractivity (Wildman–Crippen MR) is 68.6 cm³/mol. The van der Waals surface area contributed by atoms with Gasteiger partial charge in [0.15, 0.2) is 0 Å². The molecular formula is C14H25NO. The highest BCUT2D eigenvalue weighted by Crippen LogP contribution is 2.29. The molecular weight excluding hydrogens is 198 g/mol. The Kier molecular flexibility index (Phi) is 5.61. The molecule has 0 aromatic carbocycles. The van der Waals surface area contributed by atoms with Crippen LogP contribution in [0.1, 0.15) is 57.1 Å². The zero-order chi connectivity index (χ0) is 12.0. The minimum absolute atomic E-state index is 0.366. The Morgan fingerprint density at radius 2 is 2.06 bits per heavy atom. The minimum Gasteiger partial charge on any atom is -0.465 e. The molecule has 0 bridgehead atoms. The number of rotatable bonds is 7. The van der Waals surface area contributed by atoms with E-state index in [1.165, 1.54) is 25.7 Å². The molecule has 0 fully saturated rings. The smallest absolute Gasteiger partial charge is 0.121 e. The second kappa shape index (κ2) is 6.74. The van der Waals surface area contributed by atoms with Crippen LogP contribution in [0.4, 0.5) is 0 Å². The molecule has 16 heavy (non-hydrogen) atoms. The summed E-state index contributed by atoms with van der Waals surface area (Å²) < 4.78 is 5.74. The summed E-state index contributed by atoms with van der Waals surface area (Å²) in [4.78, 5) is 0. The van der Waals surface area contributed by atoms with Crippen molar-refractivity contribution in [2.45, 2.75) is 52.5 Å². The molecule has 1 aromatic heterocycles. The number of furan rings is 1. The number of nitrogens with one attached hydrogen (secondary N) is 1. The summed E-state index contributed by atoms with van der Waals surface area (Å²) in [5, 5.41) is 3.40. The quantitative estimate of drug-likeness (QED) is 0.754. The van der Waals surface area contributed by atoms with E-state index in [9.17, 15) is 0 Å². The number of unbranched alkanes of at least 4 members (excludes halogenated alkanes) is 1. The van der Waals surface area contributed by atoms with Gasteiger partial charge < -0.3 is 9.73 Å². The van der Waals surface area contributed by atoms with Gasteiger partial charge in [-0.1, -0.05) is 33.1 Å². The molecule has 1 heterocycles. The van der Waals surface area contributed by atoms with Crippen LogP contribution in [-0.2, 0) is 0 Å². The van der Waals surface area contributed by atoms with Gasteiger partial charge in [0.1, 0.15) is 11.5 Å². The summed E-state index contributed by atoms with van der Waals surface area (Å²) in [6.45, 7) is 6.52. The third kappa shape index (κ3) is 3.38. The van der Waals surface area contributed by atoms with Crippen LogP contribution >= 0.6 is 0 Å².